The first-order valence-electron chi connectivity index (χ1n) is 19.0. The fourth-order valence-corrected chi connectivity index (χ4v) is 6.46. The molecule has 0 saturated carbocycles. The molecule has 0 saturated heterocycles. The van der Waals surface area contributed by atoms with E-state index in [0.717, 1.165) is 24.8 Å². The molecule has 0 bridgehead atoms. The van der Waals surface area contributed by atoms with Gasteiger partial charge in [0.15, 0.2) is 0 Å². The van der Waals surface area contributed by atoms with Gasteiger partial charge in [0, 0.05) is 49.5 Å². The second kappa shape index (κ2) is 27.7. The van der Waals surface area contributed by atoms with Crippen LogP contribution in [0.1, 0.15) is 87.5 Å². The Hall–Kier alpha value is -3.87. The Balaban J connectivity index is 1.99. The molecule has 2 rings (SSSR count). The van der Waals surface area contributed by atoms with Gasteiger partial charge in [0.05, 0.1) is 39.6 Å². The zero-order chi connectivity index (χ0) is 40.4. The number of phenols is 1. The number of hydrazine groups is 1. The Bertz CT molecular complexity index is 1380. The zero-order valence-electron chi connectivity index (χ0n) is 33.0. The van der Waals surface area contributed by atoms with Gasteiger partial charge in [-0.3, -0.25) is 19.8 Å². The fourth-order valence-electron chi connectivity index (χ4n) is 5.60. The number of hydrogen-bond acceptors (Lipinski definition) is 13. The summed E-state index contributed by atoms with van der Waals surface area (Å²) in [6, 6.07) is 6.02. The van der Waals surface area contributed by atoms with Crippen molar-refractivity contribution in [2.75, 3.05) is 65.9 Å². The summed E-state index contributed by atoms with van der Waals surface area (Å²) in [5, 5.41) is 15.1. The van der Waals surface area contributed by atoms with Gasteiger partial charge in [-0.25, -0.2) is 15.2 Å². The highest BCUT2D eigenvalue weighted by molar-refractivity contribution is 7.09. The molecule has 310 valence electrons. The third-order valence-corrected chi connectivity index (χ3v) is 9.35. The van der Waals surface area contributed by atoms with Crippen molar-refractivity contribution >= 4 is 35.7 Å². The van der Waals surface area contributed by atoms with Crippen LogP contribution in [0.5, 0.6) is 5.75 Å². The van der Waals surface area contributed by atoms with E-state index in [2.05, 4.69) is 35.0 Å². The van der Waals surface area contributed by atoms with Crippen LogP contribution < -0.4 is 21.9 Å². The number of benzene rings is 1. The van der Waals surface area contributed by atoms with E-state index in [4.69, 9.17) is 29.4 Å². The van der Waals surface area contributed by atoms with Crippen molar-refractivity contribution in [3.8, 4) is 5.75 Å². The molecule has 0 spiro atoms. The Labute approximate surface area is 329 Å². The van der Waals surface area contributed by atoms with Crippen LogP contribution in [0.25, 0.3) is 0 Å². The van der Waals surface area contributed by atoms with E-state index < -0.39 is 36.0 Å². The number of thiazole rings is 1. The quantitative estimate of drug-likeness (QED) is 0.0453. The second-order valence-corrected chi connectivity index (χ2v) is 14.3. The predicted octanol–water partition coefficient (Wildman–Crippen LogP) is 3.73. The van der Waals surface area contributed by atoms with Crippen molar-refractivity contribution in [1.29, 1.82) is 0 Å². The first-order chi connectivity index (χ1) is 26.5. The highest BCUT2D eigenvalue weighted by Crippen LogP contribution is 2.30. The summed E-state index contributed by atoms with van der Waals surface area (Å²) in [6.45, 7) is 13.6. The van der Waals surface area contributed by atoms with Crippen molar-refractivity contribution in [3.63, 3.8) is 0 Å². The van der Waals surface area contributed by atoms with Crippen LogP contribution in [0.2, 0.25) is 0 Å². The molecule has 1 aromatic carbocycles. The SMILES string of the molecule is CCCOC(CC(C(C)C)N(C=O)CCC)c1nc(C(=O)NC(Cc2ccc(O)cc2)CC(C)C(=O)NNC(=O)OCCOCCOCCOCCN)cs1. The number of amides is 4. The number of ether oxygens (including phenoxy) is 5. The lowest BCUT2D eigenvalue weighted by Crippen LogP contribution is -2.46. The standard InChI is InChI=1S/C38H62N6O10S/c1-6-13-44(26-45)33(27(3)4)24-34(53-14-7-2)37-41-32(25-55-37)36(48)40-30(23-29-8-10-31(46)11-9-29)22-28(5)35(47)42-43-38(49)54-21-20-52-19-18-51-17-16-50-15-12-39/h8-11,25-28,30,33-34,46H,6-7,12-24,39H2,1-5H3,(H,40,48)(H,42,47)(H,43,49). The van der Waals surface area contributed by atoms with Crippen molar-refractivity contribution in [1.82, 2.24) is 26.1 Å². The summed E-state index contributed by atoms with van der Waals surface area (Å²) in [5.41, 5.74) is 11.0. The molecule has 0 aliphatic heterocycles. The molecule has 6 N–H and O–H groups in total. The summed E-state index contributed by atoms with van der Waals surface area (Å²) in [4.78, 5) is 57.2. The normalized spacial score (nSPS) is 13.4. The number of nitrogens with zero attached hydrogens (tertiary/aromatic N) is 2. The summed E-state index contributed by atoms with van der Waals surface area (Å²) in [5.74, 6) is -1.24. The predicted molar refractivity (Wildman–Crippen MR) is 208 cm³/mol. The van der Waals surface area contributed by atoms with Crippen LogP contribution in [0.3, 0.4) is 0 Å². The number of phenolic OH excluding ortho intramolecular Hbond substituents is 1. The largest absolute Gasteiger partial charge is 0.508 e. The lowest BCUT2D eigenvalue weighted by atomic mass is 9.95. The summed E-state index contributed by atoms with van der Waals surface area (Å²) in [7, 11) is 0. The minimum absolute atomic E-state index is 0.0320. The maximum Gasteiger partial charge on any atom is 0.426 e. The molecule has 0 aliphatic carbocycles. The van der Waals surface area contributed by atoms with Crippen molar-refractivity contribution in [3.05, 3.63) is 45.9 Å². The maximum absolute atomic E-state index is 13.6. The maximum atomic E-state index is 13.6. The third-order valence-electron chi connectivity index (χ3n) is 8.42. The molecular formula is C38H62N6O10S. The highest BCUT2D eigenvalue weighted by atomic mass is 32.1. The van der Waals surface area contributed by atoms with E-state index >= 15 is 0 Å². The van der Waals surface area contributed by atoms with Gasteiger partial charge >= 0.3 is 6.09 Å². The number of aromatic nitrogens is 1. The summed E-state index contributed by atoms with van der Waals surface area (Å²) < 4.78 is 27.2. The molecule has 4 unspecified atom stereocenters. The Kier molecular flexibility index (Phi) is 23.8. The second-order valence-electron chi connectivity index (χ2n) is 13.4. The monoisotopic (exact) mass is 794 g/mol. The van der Waals surface area contributed by atoms with E-state index in [9.17, 15) is 24.3 Å². The molecule has 55 heavy (non-hydrogen) atoms. The molecule has 2 aromatic rings. The van der Waals surface area contributed by atoms with Crippen LogP contribution >= 0.6 is 11.3 Å². The van der Waals surface area contributed by atoms with Gasteiger partial charge in [-0.15, -0.1) is 11.3 Å². The lowest BCUT2D eigenvalue weighted by molar-refractivity contribution is -0.125. The van der Waals surface area contributed by atoms with E-state index in [1.807, 2.05) is 18.7 Å². The van der Waals surface area contributed by atoms with E-state index in [1.165, 1.54) is 11.3 Å². The van der Waals surface area contributed by atoms with Crippen molar-refractivity contribution < 1.29 is 48.0 Å². The van der Waals surface area contributed by atoms with Crippen LogP contribution in [-0.4, -0.2) is 117 Å². The van der Waals surface area contributed by atoms with E-state index in [1.54, 1.807) is 36.6 Å². The molecule has 1 aromatic heterocycles. The number of carbonyl (C=O) groups excluding carboxylic acids is 4. The number of hydrogen-bond donors (Lipinski definition) is 5. The average molecular weight is 795 g/mol. The Morgan fingerprint density at radius 1 is 0.909 bits per heavy atom. The van der Waals surface area contributed by atoms with Crippen molar-refractivity contribution in [2.45, 2.75) is 84.9 Å². The molecule has 4 amide bonds. The smallest absolute Gasteiger partial charge is 0.426 e. The van der Waals surface area contributed by atoms with Gasteiger partial charge in [0.1, 0.15) is 29.2 Å². The Morgan fingerprint density at radius 3 is 2.16 bits per heavy atom. The molecule has 0 radical (unpaired) electrons. The first-order valence-corrected chi connectivity index (χ1v) is 19.9. The number of rotatable bonds is 29. The molecule has 17 heteroatoms. The van der Waals surface area contributed by atoms with Crippen molar-refractivity contribution in [2.24, 2.45) is 17.6 Å². The summed E-state index contributed by atoms with van der Waals surface area (Å²) >= 11 is 1.33. The number of nitrogens with two attached hydrogens (primary N) is 1. The van der Waals surface area contributed by atoms with Gasteiger partial charge in [0.2, 0.25) is 12.3 Å². The van der Waals surface area contributed by atoms with E-state index in [-0.39, 0.29) is 43.0 Å². The lowest BCUT2D eigenvalue weighted by Gasteiger charge is -2.33. The van der Waals surface area contributed by atoms with E-state index in [0.29, 0.717) is 70.6 Å². The molecule has 4 atom stereocenters. The molecular weight excluding hydrogens is 733 g/mol. The van der Waals surface area contributed by atoms with Crippen LogP contribution in [0.4, 0.5) is 4.79 Å². The third kappa shape index (κ3) is 19.0. The van der Waals surface area contributed by atoms with Gasteiger partial charge in [-0.05, 0) is 49.3 Å². The molecule has 0 fully saturated rings. The van der Waals surface area contributed by atoms with Crippen LogP contribution in [-0.2, 0) is 39.7 Å². The minimum atomic E-state index is -0.851. The number of carbonyl (C=O) groups is 4. The highest BCUT2D eigenvalue weighted by Gasteiger charge is 2.29. The van der Waals surface area contributed by atoms with Gasteiger partial charge < -0.3 is 44.7 Å². The topological polar surface area (TPSA) is 213 Å². The molecule has 16 nitrogen and oxygen atoms in total. The molecule has 1 heterocycles. The summed E-state index contributed by atoms with van der Waals surface area (Å²) in [6.07, 6.45) is 2.39. The Morgan fingerprint density at radius 2 is 1.56 bits per heavy atom. The van der Waals surface area contributed by atoms with Gasteiger partial charge in [0.25, 0.3) is 5.91 Å². The minimum Gasteiger partial charge on any atom is -0.508 e. The first kappa shape index (κ1) is 47.3. The van der Waals surface area contributed by atoms with Crippen LogP contribution in [0, 0.1) is 11.8 Å². The number of aromatic hydroxyl groups is 1. The van der Waals surface area contributed by atoms with Gasteiger partial charge in [-0.2, -0.15) is 0 Å². The van der Waals surface area contributed by atoms with Gasteiger partial charge in [-0.1, -0.05) is 46.8 Å². The average Bonchev–Trinajstić information content (AvgIpc) is 3.66. The number of nitrogens with one attached hydrogen (secondary N) is 3. The zero-order valence-corrected chi connectivity index (χ0v) is 33.8. The fraction of sp³-hybridized carbons (Fsp3) is 0.658. The van der Waals surface area contributed by atoms with Crippen LogP contribution in [0.15, 0.2) is 29.6 Å². The molecule has 0 aliphatic rings.